The number of hydrogen-bond donors (Lipinski definition) is 0. The van der Waals surface area contributed by atoms with Gasteiger partial charge in [0.15, 0.2) is 11.5 Å². The third kappa shape index (κ3) is 4.06. The van der Waals surface area contributed by atoms with Crippen LogP contribution >= 0.6 is 0 Å². The summed E-state index contributed by atoms with van der Waals surface area (Å²) in [5.41, 5.74) is 3.35. The Morgan fingerprint density at radius 1 is 1.12 bits per heavy atom. The van der Waals surface area contributed by atoms with E-state index in [-0.39, 0.29) is 30.0 Å². The lowest BCUT2D eigenvalue weighted by Gasteiger charge is -2.59. The van der Waals surface area contributed by atoms with Gasteiger partial charge in [-0.3, -0.25) is 4.79 Å². The molecule has 1 spiro atoms. The maximum atomic E-state index is 14.4. The Morgan fingerprint density at radius 3 is 2.67 bits per heavy atom. The van der Waals surface area contributed by atoms with E-state index < -0.39 is 15.4 Å². The smallest absolute Gasteiger partial charge is 0.246 e. The molecule has 2 aromatic carbocycles. The summed E-state index contributed by atoms with van der Waals surface area (Å²) >= 11 is 0. The maximum absolute atomic E-state index is 14.4. The summed E-state index contributed by atoms with van der Waals surface area (Å²) in [6.45, 7) is 0.381. The van der Waals surface area contributed by atoms with Gasteiger partial charge in [0.25, 0.3) is 0 Å². The van der Waals surface area contributed by atoms with E-state index in [1.807, 2.05) is 44.2 Å². The summed E-state index contributed by atoms with van der Waals surface area (Å²) in [4.78, 5) is 17.4. The van der Waals surface area contributed by atoms with Crippen molar-refractivity contribution in [2.24, 2.45) is 5.92 Å². The van der Waals surface area contributed by atoms with E-state index in [4.69, 9.17) is 13.9 Å². The fraction of sp³-hybridized carbons (Fsp3) is 0.424. The van der Waals surface area contributed by atoms with Crippen LogP contribution in [0, 0.1) is 5.92 Å². The van der Waals surface area contributed by atoms with Gasteiger partial charge in [0, 0.05) is 56.3 Å². The van der Waals surface area contributed by atoms with Gasteiger partial charge < -0.3 is 23.7 Å². The quantitative estimate of drug-likeness (QED) is 0.372. The number of likely N-dealkylation sites (N-methyl/N-ethyl adjacent to an activating group) is 1. The van der Waals surface area contributed by atoms with E-state index in [0.29, 0.717) is 42.1 Å². The van der Waals surface area contributed by atoms with E-state index in [1.54, 1.807) is 59.2 Å². The van der Waals surface area contributed by atoms with Crippen LogP contribution in [0.15, 0.2) is 70.4 Å². The molecule has 2 bridgehead atoms. The summed E-state index contributed by atoms with van der Waals surface area (Å²) in [6.07, 6.45) is 8.91. The third-order valence-corrected chi connectivity index (χ3v) is 12.2. The summed E-state index contributed by atoms with van der Waals surface area (Å²) in [5.74, 6) is 1.38. The zero-order valence-electron chi connectivity index (χ0n) is 24.9. The van der Waals surface area contributed by atoms with Crippen molar-refractivity contribution >= 4 is 27.7 Å². The lowest BCUT2D eigenvalue weighted by Crippen LogP contribution is -2.69. The molecular formula is C33H37N3O6S. The average molecular weight is 604 g/mol. The predicted octanol–water partition coefficient (Wildman–Crippen LogP) is 4.32. The fourth-order valence-corrected chi connectivity index (χ4v) is 10.2. The second-order valence-electron chi connectivity index (χ2n) is 12.3. The van der Waals surface area contributed by atoms with E-state index in [9.17, 15) is 13.2 Å². The van der Waals surface area contributed by atoms with Gasteiger partial charge in [0.2, 0.25) is 15.9 Å². The lowest BCUT2D eigenvalue weighted by atomic mass is 9.51. The van der Waals surface area contributed by atoms with Crippen molar-refractivity contribution in [1.82, 2.24) is 9.21 Å². The molecule has 3 heterocycles. The number of sulfonamides is 1. The molecule has 9 nitrogen and oxygen atoms in total. The van der Waals surface area contributed by atoms with Gasteiger partial charge in [-0.05, 0) is 67.5 Å². The van der Waals surface area contributed by atoms with Crippen molar-refractivity contribution in [2.45, 2.75) is 54.2 Å². The normalized spacial score (nSPS) is 27.4. The molecule has 43 heavy (non-hydrogen) atoms. The average Bonchev–Trinajstić information content (AvgIpc) is 3.65. The highest BCUT2D eigenvalue weighted by Crippen LogP contribution is 2.64. The second-order valence-corrected chi connectivity index (χ2v) is 14.2. The number of rotatable bonds is 7. The van der Waals surface area contributed by atoms with Crippen LogP contribution in [0.3, 0.4) is 0 Å². The van der Waals surface area contributed by atoms with Crippen LogP contribution in [0.1, 0.15) is 36.0 Å². The monoisotopic (exact) mass is 603 g/mol. The van der Waals surface area contributed by atoms with E-state index in [2.05, 4.69) is 6.07 Å². The zero-order valence-corrected chi connectivity index (χ0v) is 25.7. The Balaban J connectivity index is 1.29. The van der Waals surface area contributed by atoms with Crippen molar-refractivity contribution in [1.29, 1.82) is 0 Å². The summed E-state index contributed by atoms with van der Waals surface area (Å²) in [5, 5.41) is 0. The molecule has 2 aliphatic heterocycles. The molecule has 0 radical (unpaired) electrons. The molecule has 1 saturated heterocycles. The summed E-state index contributed by atoms with van der Waals surface area (Å²) < 4.78 is 48.3. The van der Waals surface area contributed by atoms with Crippen LogP contribution in [0.5, 0.6) is 11.5 Å². The number of hydrogen-bond acceptors (Lipinski definition) is 7. The number of furan rings is 1. The van der Waals surface area contributed by atoms with Gasteiger partial charge in [-0.1, -0.05) is 18.2 Å². The molecule has 2 aliphatic carbocycles. The Morgan fingerprint density at radius 2 is 1.93 bits per heavy atom. The van der Waals surface area contributed by atoms with Crippen molar-refractivity contribution in [3.05, 3.63) is 77.8 Å². The van der Waals surface area contributed by atoms with Crippen LogP contribution < -0.4 is 14.4 Å². The first-order chi connectivity index (χ1) is 20.7. The first-order valence-electron chi connectivity index (χ1n) is 14.8. The van der Waals surface area contributed by atoms with Gasteiger partial charge in [-0.2, -0.15) is 4.31 Å². The maximum Gasteiger partial charge on any atom is 0.246 e. The topological polar surface area (TPSA) is 92.5 Å². The molecule has 7 rings (SSSR count). The van der Waals surface area contributed by atoms with Gasteiger partial charge in [0.1, 0.15) is 11.0 Å². The highest BCUT2D eigenvalue weighted by molar-refractivity contribution is 7.89. The minimum absolute atomic E-state index is 0.0506. The van der Waals surface area contributed by atoms with Gasteiger partial charge >= 0.3 is 0 Å². The van der Waals surface area contributed by atoms with Crippen LogP contribution in [-0.2, 0) is 26.7 Å². The number of carbonyl (C=O) groups excluding carboxylic acids is 1. The zero-order chi connectivity index (χ0) is 30.1. The number of anilines is 1. The minimum Gasteiger partial charge on any atom is -0.493 e. The number of methoxy groups -OCH3 is 1. The summed E-state index contributed by atoms with van der Waals surface area (Å²) in [7, 11) is 3.44. The number of piperidine rings is 1. The Bertz CT molecular complexity index is 1700. The number of ether oxygens (including phenoxy) is 2. The first kappa shape index (κ1) is 28.0. The van der Waals surface area contributed by atoms with Crippen LogP contribution in [0.2, 0.25) is 0 Å². The van der Waals surface area contributed by atoms with Gasteiger partial charge in [0.05, 0.1) is 31.4 Å². The van der Waals surface area contributed by atoms with Crippen molar-refractivity contribution in [3.63, 3.8) is 0 Å². The molecule has 0 unspecified atom stereocenters. The highest BCUT2D eigenvalue weighted by Gasteiger charge is 2.67. The third-order valence-electron chi connectivity index (χ3n) is 10.2. The molecule has 0 N–H and O–H groups in total. The Kier molecular flexibility index (Phi) is 6.63. The lowest BCUT2D eigenvalue weighted by molar-refractivity contribution is -0.133. The number of amides is 1. The molecular weight excluding hydrogens is 566 g/mol. The number of benzene rings is 2. The van der Waals surface area contributed by atoms with Crippen LogP contribution in [-0.4, -0.2) is 76.5 Å². The molecule has 226 valence electrons. The largest absolute Gasteiger partial charge is 0.493 e. The molecule has 10 heteroatoms. The number of nitrogens with zero attached hydrogens (tertiary/aromatic N) is 3. The Hall–Kier alpha value is -3.76. The Labute approximate surface area is 252 Å². The van der Waals surface area contributed by atoms with E-state index in [1.165, 1.54) is 0 Å². The van der Waals surface area contributed by atoms with Gasteiger partial charge in [-0.25, -0.2) is 8.42 Å². The summed E-state index contributed by atoms with van der Waals surface area (Å²) in [6, 6.07) is 12.6. The molecule has 1 aromatic heterocycles. The van der Waals surface area contributed by atoms with Gasteiger partial charge in [-0.15, -0.1) is 0 Å². The first-order valence-corrected chi connectivity index (χ1v) is 16.2. The fourth-order valence-electron chi connectivity index (χ4n) is 8.32. The minimum atomic E-state index is -3.79. The van der Waals surface area contributed by atoms with Crippen molar-refractivity contribution < 1.29 is 27.1 Å². The van der Waals surface area contributed by atoms with Crippen LogP contribution in [0.25, 0.3) is 6.08 Å². The molecule has 5 atom stereocenters. The second kappa shape index (κ2) is 10.2. The molecule has 1 amide bonds. The van der Waals surface area contributed by atoms with Crippen LogP contribution in [0.4, 0.5) is 5.69 Å². The molecule has 2 fully saturated rings. The number of carbonyl (C=O) groups is 1. The molecule has 3 aromatic rings. The SMILES string of the molecule is COc1ccc2c3c1O[C@H]1[C@H](N(C)C(=O)/C=C/c4ccoc4)CC[C@H]4[C@@H](C2)N(S(=O)(=O)c2ccccc2N(C)C)CC[C@@]341. The van der Waals surface area contributed by atoms with E-state index in [0.717, 1.165) is 28.9 Å². The predicted molar refractivity (Wildman–Crippen MR) is 163 cm³/mol. The molecule has 4 aliphatic rings. The standard InChI is InChI=1S/C33H37N3O6S/c1-34(2)24-7-5-6-8-28(24)43(38,39)36-17-16-33-23-11-12-25(35(3)29(37)14-9-21-15-18-41-20-21)32(33)42-31-27(40-4)13-10-22(30(31)33)19-26(23)36/h5-10,13-15,18,20,23,25-26,32H,11-12,16-17,19H2,1-4H3/b14-9+/t23-,25+,26+,32-,33-/m0/s1. The number of para-hydroxylation sites is 1. The van der Waals surface area contributed by atoms with Crippen molar-refractivity contribution in [2.75, 3.05) is 39.7 Å². The highest BCUT2D eigenvalue weighted by atomic mass is 32.2. The molecule has 1 saturated carbocycles. The van der Waals surface area contributed by atoms with E-state index >= 15 is 0 Å². The van der Waals surface area contributed by atoms with Crippen molar-refractivity contribution in [3.8, 4) is 11.5 Å².